The lowest BCUT2D eigenvalue weighted by molar-refractivity contribution is -0.131. The Morgan fingerprint density at radius 1 is 1.28 bits per heavy atom. The zero-order valence-corrected chi connectivity index (χ0v) is 16.7. The lowest BCUT2D eigenvalue weighted by atomic mass is 10.1. The molecule has 0 atom stereocenters. The van der Waals surface area contributed by atoms with Gasteiger partial charge in [-0.2, -0.15) is 10.4 Å². The molecule has 1 amide bonds. The number of amidine groups is 1. The van der Waals surface area contributed by atoms with Crippen molar-refractivity contribution in [2.24, 2.45) is 4.99 Å². The van der Waals surface area contributed by atoms with Crippen LogP contribution in [0.15, 0.2) is 29.3 Å². The minimum atomic E-state index is -1.05. The minimum absolute atomic E-state index is 0.233. The lowest BCUT2D eigenvalue weighted by Gasteiger charge is -2.16. The average Bonchev–Trinajstić information content (AvgIpc) is 3.01. The van der Waals surface area contributed by atoms with Crippen LogP contribution in [0.3, 0.4) is 0 Å². The number of carbonyl (C=O) groups excluding carboxylic acids is 1. The van der Waals surface area contributed by atoms with E-state index in [1.165, 1.54) is 6.08 Å². The summed E-state index contributed by atoms with van der Waals surface area (Å²) in [5.74, 6) is -0.172. The third-order valence-corrected chi connectivity index (χ3v) is 4.29. The zero-order chi connectivity index (χ0) is 21.0. The first-order valence-electron chi connectivity index (χ1n) is 9.55. The van der Waals surface area contributed by atoms with E-state index >= 15 is 0 Å². The maximum Gasteiger partial charge on any atom is 0.328 e. The van der Waals surface area contributed by atoms with Crippen molar-refractivity contribution < 1.29 is 19.4 Å². The number of carbonyl (C=O) groups is 2. The lowest BCUT2D eigenvalue weighted by Crippen LogP contribution is -2.28. The second-order valence-electron chi connectivity index (χ2n) is 6.64. The maximum atomic E-state index is 12.7. The number of aliphatic carboxylic acids is 1. The van der Waals surface area contributed by atoms with E-state index in [0.717, 1.165) is 18.9 Å². The fraction of sp³-hybridized carbons (Fsp3) is 0.333. The van der Waals surface area contributed by atoms with Gasteiger partial charge in [-0.15, -0.1) is 0 Å². The Kier molecular flexibility index (Phi) is 6.11. The number of aryl methyl sites for hydroxylation is 2. The van der Waals surface area contributed by atoms with Crippen LogP contribution in [0.25, 0.3) is 6.08 Å². The summed E-state index contributed by atoms with van der Waals surface area (Å²) in [7, 11) is 0. The predicted octanol–water partition coefficient (Wildman–Crippen LogP) is 3.32. The van der Waals surface area contributed by atoms with E-state index in [1.807, 2.05) is 13.8 Å². The third kappa shape index (κ3) is 4.37. The predicted molar refractivity (Wildman–Crippen MR) is 109 cm³/mol. The van der Waals surface area contributed by atoms with Crippen molar-refractivity contribution in [3.8, 4) is 5.75 Å². The van der Waals surface area contributed by atoms with Crippen LogP contribution in [0.1, 0.15) is 53.9 Å². The topological polar surface area (TPSA) is 108 Å². The first kappa shape index (κ1) is 20.3. The average molecular weight is 395 g/mol. The molecule has 8 heteroatoms. The number of amides is 1. The van der Waals surface area contributed by atoms with E-state index in [9.17, 15) is 9.59 Å². The highest BCUT2D eigenvalue weighted by molar-refractivity contribution is 6.18. The number of hydrogen-bond donors (Lipinski definition) is 1. The van der Waals surface area contributed by atoms with Crippen LogP contribution < -0.4 is 10.1 Å². The summed E-state index contributed by atoms with van der Waals surface area (Å²) < 4.78 is 7.53. The van der Waals surface area contributed by atoms with E-state index < -0.39 is 11.9 Å². The summed E-state index contributed by atoms with van der Waals surface area (Å²) in [4.78, 5) is 28.2. The summed E-state index contributed by atoms with van der Waals surface area (Å²) >= 11 is 0. The number of ether oxygens (including phenoxy) is 1. The highest BCUT2D eigenvalue weighted by Gasteiger charge is 2.30. The summed E-state index contributed by atoms with van der Waals surface area (Å²) in [6.45, 7) is 6.93. The van der Waals surface area contributed by atoms with Gasteiger partial charge in [0.2, 0.25) is 0 Å². The third-order valence-electron chi connectivity index (χ3n) is 4.29. The van der Waals surface area contributed by atoms with Gasteiger partial charge in [-0.1, -0.05) is 19.9 Å². The molecule has 0 saturated heterocycles. The number of rotatable bonds is 8. The van der Waals surface area contributed by atoms with Gasteiger partial charge in [0.05, 0.1) is 17.9 Å². The molecule has 1 aliphatic rings. The second-order valence-corrected chi connectivity index (χ2v) is 6.64. The van der Waals surface area contributed by atoms with Crippen LogP contribution in [0.2, 0.25) is 0 Å². The molecule has 29 heavy (non-hydrogen) atoms. The molecule has 1 N–H and O–H groups in total. The number of carboxylic acid groups (broad SMARTS) is 1. The van der Waals surface area contributed by atoms with Crippen molar-refractivity contribution in [3.05, 3.63) is 46.7 Å². The Morgan fingerprint density at radius 3 is 2.76 bits per heavy atom. The van der Waals surface area contributed by atoms with Crippen LogP contribution in [0, 0.1) is 6.92 Å². The SMILES string of the molecule is CCCOc1ccc(C=CC(=O)O)cc1C1=Nc2c(c(C)nn2CCC)C(=O)[N]1. The van der Waals surface area contributed by atoms with Crippen molar-refractivity contribution >= 4 is 29.6 Å². The molecular weight excluding hydrogens is 372 g/mol. The molecule has 1 radical (unpaired) electrons. The zero-order valence-electron chi connectivity index (χ0n) is 16.7. The summed E-state index contributed by atoms with van der Waals surface area (Å²) in [5.41, 5.74) is 2.19. The Morgan fingerprint density at radius 2 is 2.07 bits per heavy atom. The molecule has 0 bridgehead atoms. The quantitative estimate of drug-likeness (QED) is 0.690. The van der Waals surface area contributed by atoms with E-state index in [1.54, 1.807) is 29.8 Å². The molecule has 0 spiro atoms. The molecule has 1 aromatic carbocycles. The van der Waals surface area contributed by atoms with E-state index in [2.05, 4.69) is 15.4 Å². The molecule has 2 aromatic rings. The number of aliphatic imine (C=N–C) groups is 1. The van der Waals surface area contributed by atoms with Gasteiger partial charge in [0.1, 0.15) is 11.3 Å². The Labute approximate surface area is 168 Å². The minimum Gasteiger partial charge on any atom is -0.493 e. The van der Waals surface area contributed by atoms with Gasteiger partial charge in [-0.05, 0) is 43.5 Å². The van der Waals surface area contributed by atoms with Gasteiger partial charge in [-0.3, -0.25) is 4.79 Å². The van der Waals surface area contributed by atoms with Crippen molar-refractivity contribution in [1.29, 1.82) is 0 Å². The molecule has 8 nitrogen and oxygen atoms in total. The van der Waals surface area contributed by atoms with E-state index in [-0.39, 0.29) is 5.84 Å². The molecule has 0 saturated carbocycles. The number of fused-ring (bicyclic) bond motifs is 1. The highest BCUT2D eigenvalue weighted by atomic mass is 16.5. The van der Waals surface area contributed by atoms with Crippen molar-refractivity contribution in [2.45, 2.75) is 40.2 Å². The molecule has 0 fully saturated rings. The van der Waals surface area contributed by atoms with Crippen molar-refractivity contribution in [1.82, 2.24) is 15.1 Å². The normalized spacial score (nSPS) is 13.2. The largest absolute Gasteiger partial charge is 0.493 e. The Bertz CT molecular complexity index is 1000. The second kappa shape index (κ2) is 8.72. The number of nitrogens with zero attached hydrogens (tertiary/aromatic N) is 4. The smallest absolute Gasteiger partial charge is 0.328 e. The van der Waals surface area contributed by atoms with Gasteiger partial charge < -0.3 is 9.84 Å². The van der Waals surface area contributed by atoms with Gasteiger partial charge in [-0.25, -0.2) is 14.5 Å². The standard InChI is InChI=1S/C21H23N4O4/c1-4-10-25-20-18(13(3)24-25)21(28)23-19(22-20)15-12-14(7-9-17(26)27)6-8-16(15)29-11-5-2/h6-9,12H,4-5,10-11H2,1-3H3,(H,26,27). The number of carboxylic acids is 1. The molecule has 0 unspecified atom stereocenters. The number of aromatic nitrogens is 2. The van der Waals surface area contributed by atoms with Crippen LogP contribution in [0.5, 0.6) is 5.75 Å². The monoisotopic (exact) mass is 395 g/mol. The van der Waals surface area contributed by atoms with Crippen molar-refractivity contribution in [3.63, 3.8) is 0 Å². The molecule has 3 rings (SSSR count). The van der Waals surface area contributed by atoms with Gasteiger partial charge in [0.25, 0.3) is 5.91 Å². The maximum absolute atomic E-state index is 12.7. The Hall–Kier alpha value is -3.42. The fourth-order valence-electron chi connectivity index (χ4n) is 3.03. The van der Waals surface area contributed by atoms with E-state index in [0.29, 0.717) is 47.1 Å². The molecule has 1 aromatic heterocycles. The molecule has 2 heterocycles. The highest BCUT2D eigenvalue weighted by Crippen LogP contribution is 2.30. The van der Waals surface area contributed by atoms with Gasteiger partial charge in [0.15, 0.2) is 11.7 Å². The Balaban J connectivity index is 2.11. The number of hydrogen-bond acceptors (Lipinski definition) is 5. The molecule has 151 valence electrons. The summed E-state index contributed by atoms with van der Waals surface area (Å²) in [5, 5.41) is 17.5. The van der Waals surface area contributed by atoms with Crippen molar-refractivity contribution in [2.75, 3.05) is 6.61 Å². The van der Waals surface area contributed by atoms with Crippen LogP contribution in [-0.2, 0) is 11.3 Å². The molecule has 0 aliphatic carbocycles. The van der Waals surface area contributed by atoms with Gasteiger partial charge in [0, 0.05) is 12.6 Å². The summed E-state index contributed by atoms with van der Waals surface area (Å²) in [6.07, 6.45) is 4.19. The van der Waals surface area contributed by atoms with Crippen LogP contribution in [0.4, 0.5) is 5.82 Å². The molecular formula is C21H23N4O4. The fourth-order valence-corrected chi connectivity index (χ4v) is 3.03. The van der Waals surface area contributed by atoms with Crippen LogP contribution in [-0.4, -0.2) is 39.2 Å². The van der Waals surface area contributed by atoms with Gasteiger partial charge >= 0.3 is 5.97 Å². The first-order chi connectivity index (χ1) is 13.9. The summed E-state index contributed by atoms with van der Waals surface area (Å²) in [6, 6.07) is 5.20. The van der Waals surface area contributed by atoms with Crippen LogP contribution >= 0.6 is 0 Å². The first-order valence-corrected chi connectivity index (χ1v) is 9.55. The number of benzene rings is 1. The van der Waals surface area contributed by atoms with E-state index in [4.69, 9.17) is 9.84 Å². The molecule has 1 aliphatic heterocycles.